The van der Waals surface area contributed by atoms with Crippen LogP contribution < -0.4 is 4.74 Å². The third-order valence-corrected chi connectivity index (χ3v) is 6.20. The Hall–Kier alpha value is -2.87. The van der Waals surface area contributed by atoms with Crippen molar-refractivity contribution in [2.45, 2.75) is 26.0 Å². The van der Waals surface area contributed by atoms with Gasteiger partial charge in [-0.3, -0.25) is 14.5 Å². The molecule has 1 amide bonds. The van der Waals surface area contributed by atoms with E-state index in [0.717, 1.165) is 13.1 Å². The summed E-state index contributed by atoms with van der Waals surface area (Å²) >= 11 is 6.24. The zero-order valence-electron chi connectivity index (χ0n) is 19.4. The molecule has 0 aliphatic carbocycles. The summed E-state index contributed by atoms with van der Waals surface area (Å²) in [5, 5.41) is 11.7. The summed E-state index contributed by atoms with van der Waals surface area (Å²) in [5.41, 5.74) is 1.18. The summed E-state index contributed by atoms with van der Waals surface area (Å²) in [5.74, 6) is -0.885. The topological polar surface area (TPSA) is 79.3 Å². The predicted molar refractivity (Wildman–Crippen MR) is 130 cm³/mol. The number of halogens is 1. The molecule has 0 unspecified atom stereocenters. The van der Waals surface area contributed by atoms with E-state index >= 15 is 0 Å². The van der Waals surface area contributed by atoms with Gasteiger partial charge in [0.1, 0.15) is 11.5 Å². The number of amides is 1. The van der Waals surface area contributed by atoms with Crippen LogP contribution in [0.2, 0.25) is 5.02 Å². The largest absolute Gasteiger partial charge is 0.507 e. The second-order valence-electron chi connectivity index (χ2n) is 8.69. The van der Waals surface area contributed by atoms with E-state index in [2.05, 4.69) is 4.90 Å². The van der Waals surface area contributed by atoms with Gasteiger partial charge in [0.25, 0.3) is 11.7 Å². The summed E-state index contributed by atoms with van der Waals surface area (Å²) in [4.78, 5) is 30.0. The van der Waals surface area contributed by atoms with Crippen LogP contribution in [0.3, 0.4) is 0 Å². The molecule has 7 nitrogen and oxygen atoms in total. The van der Waals surface area contributed by atoms with Crippen LogP contribution in [0, 0.1) is 0 Å². The van der Waals surface area contributed by atoms with Gasteiger partial charge in [-0.1, -0.05) is 23.7 Å². The van der Waals surface area contributed by atoms with Gasteiger partial charge in [-0.2, -0.15) is 0 Å². The molecule has 0 radical (unpaired) electrons. The highest BCUT2D eigenvalue weighted by molar-refractivity contribution is 6.46. The predicted octanol–water partition coefficient (Wildman–Crippen LogP) is 3.88. The maximum absolute atomic E-state index is 13.2. The Labute approximate surface area is 204 Å². The number of ether oxygens (including phenoxy) is 2. The van der Waals surface area contributed by atoms with E-state index in [0.29, 0.717) is 48.2 Å². The van der Waals surface area contributed by atoms with Gasteiger partial charge in [0, 0.05) is 36.8 Å². The zero-order chi connectivity index (χ0) is 24.2. The fraction of sp³-hybridized carbons (Fsp3) is 0.385. The number of morpholine rings is 1. The standard InChI is InChI=1S/C26H29ClN2O5/c1-17(2)34-21-8-6-18(7-9-21)24(30)22-23(19-4-3-5-20(27)16-19)29(26(32)25(22)31)11-10-28-12-14-33-15-13-28/h3-9,16-17,23,30H,10-15H2,1-2H3/t23-/m1/s1. The van der Waals surface area contributed by atoms with E-state index in [9.17, 15) is 14.7 Å². The molecule has 0 spiro atoms. The van der Waals surface area contributed by atoms with Crippen molar-refractivity contribution in [3.8, 4) is 5.75 Å². The average Bonchev–Trinajstić information content (AvgIpc) is 3.08. The Morgan fingerprint density at radius 3 is 2.47 bits per heavy atom. The van der Waals surface area contributed by atoms with Gasteiger partial charge in [0.2, 0.25) is 0 Å². The van der Waals surface area contributed by atoms with Crippen molar-refractivity contribution in [1.82, 2.24) is 9.80 Å². The highest BCUT2D eigenvalue weighted by Crippen LogP contribution is 2.40. The molecule has 1 atom stereocenters. The van der Waals surface area contributed by atoms with Gasteiger partial charge in [-0.25, -0.2) is 0 Å². The van der Waals surface area contributed by atoms with E-state index in [1.807, 2.05) is 19.9 Å². The molecule has 180 valence electrons. The summed E-state index contributed by atoms with van der Waals surface area (Å²) in [6, 6.07) is 13.2. The van der Waals surface area contributed by atoms with Gasteiger partial charge < -0.3 is 19.5 Å². The molecule has 0 bridgehead atoms. The molecule has 2 aromatic rings. The molecule has 1 N–H and O–H groups in total. The lowest BCUT2D eigenvalue weighted by atomic mass is 9.95. The van der Waals surface area contributed by atoms with Crippen molar-refractivity contribution in [3.05, 3.63) is 70.3 Å². The highest BCUT2D eigenvalue weighted by Gasteiger charge is 2.46. The molecular formula is C26H29ClN2O5. The van der Waals surface area contributed by atoms with Crippen molar-refractivity contribution >= 4 is 29.1 Å². The normalized spacial score (nSPS) is 20.8. The molecule has 2 aliphatic rings. The summed E-state index contributed by atoms with van der Waals surface area (Å²) < 4.78 is 11.1. The van der Waals surface area contributed by atoms with Gasteiger partial charge in [0.15, 0.2) is 0 Å². The Morgan fingerprint density at radius 1 is 1.12 bits per heavy atom. The lowest BCUT2D eigenvalue weighted by Crippen LogP contribution is -2.42. The molecule has 2 fully saturated rings. The molecule has 0 saturated carbocycles. The number of carbonyl (C=O) groups is 2. The number of nitrogens with zero attached hydrogens (tertiary/aromatic N) is 2. The molecule has 2 aliphatic heterocycles. The first-order valence-electron chi connectivity index (χ1n) is 11.5. The maximum atomic E-state index is 13.2. The second-order valence-corrected chi connectivity index (χ2v) is 9.13. The number of hydrogen-bond donors (Lipinski definition) is 1. The Balaban J connectivity index is 1.70. The molecule has 2 aromatic carbocycles. The Kier molecular flexibility index (Phi) is 7.56. The quantitative estimate of drug-likeness (QED) is 0.365. The second kappa shape index (κ2) is 10.6. The number of aliphatic hydroxyl groups is 1. The molecule has 4 rings (SSSR count). The number of Topliss-reactive ketones (excluding diaryl/α,β-unsaturated/α-hetero) is 1. The molecule has 34 heavy (non-hydrogen) atoms. The van der Waals surface area contributed by atoms with Crippen molar-refractivity contribution < 1.29 is 24.2 Å². The van der Waals surface area contributed by atoms with Crippen LogP contribution in [0.5, 0.6) is 5.75 Å². The van der Waals surface area contributed by atoms with E-state index in [1.54, 1.807) is 42.5 Å². The first-order chi connectivity index (χ1) is 16.3. The molecule has 8 heteroatoms. The molecule has 2 saturated heterocycles. The first-order valence-corrected chi connectivity index (χ1v) is 11.8. The van der Waals surface area contributed by atoms with Gasteiger partial charge in [0.05, 0.1) is 30.9 Å². The minimum Gasteiger partial charge on any atom is -0.507 e. The number of benzene rings is 2. The number of rotatable bonds is 7. The van der Waals surface area contributed by atoms with Crippen molar-refractivity contribution in [2.75, 3.05) is 39.4 Å². The monoisotopic (exact) mass is 484 g/mol. The first kappa shape index (κ1) is 24.3. The molecule has 0 aromatic heterocycles. The van der Waals surface area contributed by atoms with E-state index in [-0.39, 0.29) is 17.4 Å². The van der Waals surface area contributed by atoms with Crippen LogP contribution in [-0.2, 0) is 14.3 Å². The Morgan fingerprint density at radius 2 is 1.82 bits per heavy atom. The van der Waals surface area contributed by atoms with Crippen LogP contribution in [0.4, 0.5) is 0 Å². The minimum absolute atomic E-state index is 0.0130. The fourth-order valence-corrected chi connectivity index (χ4v) is 4.53. The summed E-state index contributed by atoms with van der Waals surface area (Å²) in [6.45, 7) is 7.65. The number of likely N-dealkylation sites (tertiary alicyclic amines) is 1. The van der Waals surface area contributed by atoms with Gasteiger partial charge in [-0.15, -0.1) is 0 Å². The zero-order valence-corrected chi connectivity index (χ0v) is 20.1. The fourth-order valence-electron chi connectivity index (χ4n) is 4.33. The lowest BCUT2D eigenvalue weighted by Gasteiger charge is -2.31. The van der Waals surface area contributed by atoms with E-state index in [1.165, 1.54) is 4.90 Å². The van der Waals surface area contributed by atoms with Crippen LogP contribution >= 0.6 is 11.6 Å². The number of carbonyl (C=O) groups excluding carboxylic acids is 2. The third-order valence-electron chi connectivity index (χ3n) is 5.96. The lowest BCUT2D eigenvalue weighted by molar-refractivity contribution is -0.140. The maximum Gasteiger partial charge on any atom is 0.295 e. The van der Waals surface area contributed by atoms with Crippen molar-refractivity contribution in [2.24, 2.45) is 0 Å². The number of hydrogen-bond acceptors (Lipinski definition) is 6. The smallest absolute Gasteiger partial charge is 0.295 e. The van der Waals surface area contributed by atoms with E-state index in [4.69, 9.17) is 21.1 Å². The summed E-state index contributed by atoms with van der Waals surface area (Å²) in [6.07, 6.45) is 0.0130. The van der Waals surface area contributed by atoms with Gasteiger partial charge >= 0.3 is 0 Å². The van der Waals surface area contributed by atoms with Crippen LogP contribution in [0.25, 0.3) is 5.76 Å². The minimum atomic E-state index is -0.730. The molecule has 2 heterocycles. The molecular weight excluding hydrogens is 456 g/mol. The Bertz CT molecular complexity index is 1080. The van der Waals surface area contributed by atoms with Crippen molar-refractivity contribution in [1.29, 1.82) is 0 Å². The van der Waals surface area contributed by atoms with Crippen LogP contribution in [-0.4, -0.2) is 72.1 Å². The van der Waals surface area contributed by atoms with Crippen LogP contribution in [0.1, 0.15) is 31.0 Å². The summed E-state index contributed by atoms with van der Waals surface area (Å²) in [7, 11) is 0. The SMILES string of the molecule is CC(C)Oc1ccc(C(O)=C2C(=O)C(=O)N(CCN3CCOCC3)[C@@H]2c2cccc(Cl)c2)cc1. The van der Waals surface area contributed by atoms with Gasteiger partial charge in [-0.05, 0) is 55.8 Å². The number of ketones is 1. The van der Waals surface area contributed by atoms with E-state index < -0.39 is 17.7 Å². The van der Waals surface area contributed by atoms with Crippen LogP contribution in [0.15, 0.2) is 54.1 Å². The third kappa shape index (κ3) is 5.27. The number of aliphatic hydroxyl groups excluding tert-OH is 1. The van der Waals surface area contributed by atoms with Crippen molar-refractivity contribution in [3.63, 3.8) is 0 Å². The highest BCUT2D eigenvalue weighted by atomic mass is 35.5. The average molecular weight is 485 g/mol.